The molecule has 98 valence electrons. The normalized spacial score (nSPS) is 10.3. The number of carbonyl (C=O) groups is 1. The van der Waals surface area contributed by atoms with Crippen LogP contribution in [-0.4, -0.2) is 5.91 Å². The van der Waals surface area contributed by atoms with Crippen molar-refractivity contribution in [3.05, 3.63) is 65.2 Å². The van der Waals surface area contributed by atoms with Crippen molar-refractivity contribution in [1.82, 2.24) is 0 Å². The Labute approximate surface area is 117 Å². The lowest BCUT2D eigenvalue weighted by Gasteiger charge is -2.06. The Bertz CT molecular complexity index is 599. The molecule has 0 radical (unpaired) electrons. The first-order chi connectivity index (χ1) is 9.10. The number of hydrogen-bond donors (Lipinski definition) is 1. The van der Waals surface area contributed by atoms with E-state index >= 15 is 0 Å². The lowest BCUT2D eigenvalue weighted by Crippen LogP contribution is -2.14. The van der Waals surface area contributed by atoms with Crippen LogP contribution in [-0.2, 0) is 5.33 Å². The van der Waals surface area contributed by atoms with Gasteiger partial charge in [0.25, 0.3) is 5.91 Å². The Kier molecular flexibility index (Phi) is 4.27. The van der Waals surface area contributed by atoms with Gasteiger partial charge >= 0.3 is 0 Å². The molecule has 5 heteroatoms. The van der Waals surface area contributed by atoms with Crippen LogP contribution in [0, 0.1) is 11.6 Å². The Morgan fingerprint density at radius 1 is 1.11 bits per heavy atom. The molecule has 0 unspecified atom stereocenters. The van der Waals surface area contributed by atoms with Crippen molar-refractivity contribution < 1.29 is 13.6 Å². The largest absolute Gasteiger partial charge is 0.322 e. The van der Waals surface area contributed by atoms with Gasteiger partial charge in [-0.2, -0.15) is 0 Å². The first-order valence-corrected chi connectivity index (χ1v) is 6.63. The van der Waals surface area contributed by atoms with Crippen LogP contribution in [0.5, 0.6) is 0 Å². The molecule has 2 aromatic carbocycles. The zero-order valence-electron chi connectivity index (χ0n) is 9.79. The fraction of sp³-hybridized carbons (Fsp3) is 0.0714. The first-order valence-electron chi connectivity index (χ1n) is 5.51. The first kappa shape index (κ1) is 13.7. The van der Waals surface area contributed by atoms with Gasteiger partial charge in [0.15, 0.2) is 0 Å². The average Bonchev–Trinajstić information content (AvgIpc) is 2.42. The topological polar surface area (TPSA) is 29.1 Å². The Morgan fingerprint density at radius 2 is 1.79 bits per heavy atom. The van der Waals surface area contributed by atoms with Crippen molar-refractivity contribution in [2.75, 3.05) is 5.32 Å². The molecule has 2 rings (SSSR count). The maximum atomic E-state index is 13.4. The number of nitrogens with one attached hydrogen (secondary N) is 1. The fourth-order valence-corrected chi connectivity index (χ4v) is 1.92. The Morgan fingerprint density at radius 3 is 2.42 bits per heavy atom. The number of hydrogen-bond acceptors (Lipinski definition) is 1. The van der Waals surface area contributed by atoms with Gasteiger partial charge < -0.3 is 5.32 Å². The smallest absolute Gasteiger partial charge is 0.258 e. The summed E-state index contributed by atoms with van der Waals surface area (Å²) < 4.78 is 26.4. The van der Waals surface area contributed by atoms with Crippen molar-refractivity contribution in [2.24, 2.45) is 0 Å². The molecule has 2 aromatic rings. The SMILES string of the molecule is O=C(Nc1ccc(CBr)cc1)c1cc(F)ccc1F. The Balaban J connectivity index is 2.18. The van der Waals surface area contributed by atoms with Gasteiger partial charge in [-0.25, -0.2) is 8.78 Å². The predicted octanol–water partition coefficient (Wildman–Crippen LogP) is 4.11. The van der Waals surface area contributed by atoms with Gasteiger partial charge in [0.2, 0.25) is 0 Å². The number of rotatable bonds is 3. The summed E-state index contributed by atoms with van der Waals surface area (Å²) in [5.74, 6) is -2.08. The minimum atomic E-state index is -0.754. The minimum Gasteiger partial charge on any atom is -0.322 e. The summed E-state index contributed by atoms with van der Waals surface area (Å²) in [7, 11) is 0. The highest BCUT2D eigenvalue weighted by molar-refractivity contribution is 9.08. The van der Waals surface area contributed by atoms with E-state index in [9.17, 15) is 13.6 Å². The molecule has 0 aliphatic rings. The van der Waals surface area contributed by atoms with Crippen molar-refractivity contribution >= 4 is 27.5 Å². The molecule has 19 heavy (non-hydrogen) atoms. The summed E-state index contributed by atoms with van der Waals surface area (Å²) in [6, 6.07) is 9.82. The molecule has 0 saturated heterocycles. The third-order valence-corrected chi connectivity index (χ3v) is 3.19. The van der Waals surface area contributed by atoms with Gasteiger partial charge in [-0.1, -0.05) is 28.1 Å². The molecule has 1 amide bonds. The van der Waals surface area contributed by atoms with Crippen molar-refractivity contribution in [2.45, 2.75) is 5.33 Å². The van der Waals surface area contributed by atoms with Crippen LogP contribution in [0.25, 0.3) is 0 Å². The maximum Gasteiger partial charge on any atom is 0.258 e. The summed E-state index contributed by atoms with van der Waals surface area (Å²) in [5, 5.41) is 3.22. The molecule has 0 saturated carbocycles. The second kappa shape index (κ2) is 5.93. The highest BCUT2D eigenvalue weighted by atomic mass is 79.9. The van der Waals surface area contributed by atoms with Crippen LogP contribution in [0.2, 0.25) is 0 Å². The van der Waals surface area contributed by atoms with E-state index in [2.05, 4.69) is 21.2 Å². The summed E-state index contributed by atoms with van der Waals surface area (Å²) in [5.41, 5.74) is 1.26. The summed E-state index contributed by atoms with van der Waals surface area (Å²) >= 11 is 3.31. The lowest BCUT2D eigenvalue weighted by atomic mass is 10.1. The van der Waals surface area contributed by atoms with E-state index in [0.717, 1.165) is 23.8 Å². The third-order valence-electron chi connectivity index (χ3n) is 2.54. The van der Waals surface area contributed by atoms with Crippen LogP contribution >= 0.6 is 15.9 Å². The van der Waals surface area contributed by atoms with Crippen LogP contribution in [0.15, 0.2) is 42.5 Å². The lowest BCUT2D eigenvalue weighted by molar-refractivity contribution is 0.102. The van der Waals surface area contributed by atoms with Crippen molar-refractivity contribution in [3.63, 3.8) is 0 Å². The van der Waals surface area contributed by atoms with E-state index in [1.807, 2.05) is 12.1 Å². The number of amides is 1. The van der Waals surface area contributed by atoms with Crippen LogP contribution in [0.3, 0.4) is 0 Å². The van der Waals surface area contributed by atoms with E-state index in [1.165, 1.54) is 0 Å². The molecule has 0 aromatic heterocycles. The van der Waals surface area contributed by atoms with Crippen LogP contribution < -0.4 is 5.32 Å². The third kappa shape index (κ3) is 3.38. The molecule has 1 N–H and O–H groups in total. The molecule has 0 atom stereocenters. The molecule has 2 nitrogen and oxygen atoms in total. The van der Waals surface area contributed by atoms with E-state index < -0.39 is 17.5 Å². The van der Waals surface area contributed by atoms with Gasteiger partial charge in [-0.15, -0.1) is 0 Å². The molecule has 0 spiro atoms. The molecule has 0 fully saturated rings. The Hall–Kier alpha value is -1.75. The standard InChI is InChI=1S/C14H10BrF2NO/c15-8-9-1-4-11(5-2-9)18-14(19)12-7-10(16)3-6-13(12)17/h1-7H,8H2,(H,18,19). The second-order valence-electron chi connectivity index (χ2n) is 3.91. The molecular weight excluding hydrogens is 316 g/mol. The number of anilines is 1. The molecular formula is C14H10BrF2NO. The predicted molar refractivity (Wildman–Crippen MR) is 73.4 cm³/mol. The van der Waals surface area contributed by atoms with Crippen LogP contribution in [0.1, 0.15) is 15.9 Å². The van der Waals surface area contributed by atoms with Crippen LogP contribution in [0.4, 0.5) is 14.5 Å². The minimum absolute atomic E-state index is 0.315. The van der Waals surface area contributed by atoms with E-state index in [0.29, 0.717) is 11.0 Å². The maximum absolute atomic E-state index is 13.4. The zero-order chi connectivity index (χ0) is 13.8. The summed E-state index contributed by atoms with van der Waals surface area (Å²) in [4.78, 5) is 11.8. The average molecular weight is 326 g/mol. The number of carbonyl (C=O) groups excluding carboxylic acids is 1. The van der Waals surface area contributed by atoms with Gasteiger partial charge in [-0.05, 0) is 35.9 Å². The summed E-state index contributed by atoms with van der Waals surface area (Å²) in [6.45, 7) is 0. The molecule has 0 heterocycles. The van der Waals surface area contributed by atoms with E-state index in [-0.39, 0.29) is 5.56 Å². The van der Waals surface area contributed by atoms with E-state index in [4.69, 9.17) is 0 Å². The highest BCUT2D eigenvalue weighted by Gasteiger charge is 2.12. The molecule has 0 bridgehead atoms. The monoisotopic (exact) mass is 325 g/mol. The van der Waals surface area contributed by atoms with Crippen molar-refractivity contribution in [1.29, 1.82) is 0 Å². The zero-order valence-corrected chi connectivity index (χ0v) is 11.4. The van der Waals surface area contributed by atoms with Gasteiger partial charge in [-0.3, -0.25) is 4.79 Å². The molecule has 0 aliphatic heterocycles. The van der Waals surface area contributed by atoms with E-state index in [1.54, 1.807) is 12.1 Å². The number of benzene rings is 2. The van der Waals surface area contributed by atoms with Gasteiger partial charge in [0.05, 0.1) is 5.56 Å². The van der Waals surface area contributed by atoms with Gasteiger partial charge in [0.1, 0.15) is 11.6 Å². The number of halogens is 3. The second-order valence-corrected chi connectivity index (χ2v) is 4.47. The van der Waals surface area contributed by atoms with Crippen molar-refractivity contribution in [3.8, 4) is 0 Å². The fourth-order valence-electron chi connectivity index (χ4n) is 1.55. The molecule has 0 aliphatic carbocycles. The quantitative estimate of drug-likeness (QED) is 0.845. The number of alkyl halides is 1. The summed E-state index contributed by atoms with van der Waals surface area (Å²) in [6.07, 6.45) is 0. The highest BCUT2D eigenvalue weighted by Crippen LogP contribution is 2.15. The van der Waals surface area contributed by atoms with Gasteiger partial charge in [0, 0.05) is 11.0 Å².